The number of carbonyl (C=O) groups is 2. The van der Waals surface area contributed by atoms with Gasteiger partial charge in [0.05, 0.1) is 24.8 Å². The minimum atomic E-state index is -0.741. The van der Waals surface area contributed by atoms with Gasteiger partial charge in [0.1, 0.15) is 23.9 Å². The van der Waals surface area contributed by atoms with Crippen molar-refractivity contribution in [2.75, 3.05) is 20.3 Å². The topological polar surface area (TPSA) is 85.3 Å². The highest BCUT2D eigenvalue weighted by Gasteiger charge is 2.47. The van der Waals surface area contributed by atoms with Crippen molar-refractivity contribution in [1.82, 2.24) is 4.90 Å². The molecule has 5 rings (SSSR count). The maximum Gasteiger partial charge on any atom is 0.295 e. The number of hydrogen-bond donors (Lipinski definition) is 1. The molecule has 0 aliphatic carbocycles. The van der Waals surface area contributed by atoms with Crippen LogP contribution in [0.4, 0.5) is 0 Å². The smallest absolute Gasteiger partial charge is 0.295 e. The largest absolute Gasteiger partial charge is 0.507 e. The third-order valence-electron chi connectivity index (χ3n) is 6.77. The van der Waals surface area contributed by atoms with Gasteiger partial charge in [-0.1, -0.05) is 42.5 Å². The summed E-state index contributed by atoms with van der Waals surface area (Å²) in [5.41, 5.74) is 2.25. The zero-order valence-electron chi connectivity index (χ0n) is 20.6. The van der Waals surface area contributed by atoms with E-state index in [4.69, 9.17) is 14.2 Å². The molecule has 0 radical (unpaired) electrons. The SMILES string of the molecule is COc1ccc(C(O)=C2C(=O)C(=O)N(CC3CCCO3)C2c2ccc(OCc3ccccc3)cc2)cc1. The monoisotopic (exact) mass is 499 g/mol. The van der Waals surface area contributed by atoms with Gasteiger partial charge in [-0.3, -0.25) is 9.59 Å². The summed E-state index contributed by atoms with van der Waals surface area (Å²) in [5, 5.41) is 11.2. The van der Waals surface area contributed by atoms with Crippen molar-refractivity contribution in [3.8, 4) is 11.5 Å². The fourth-order valence-corrected chi connectivity index (χ4v) is 4.81. The standard InChI is InChI=1S/C30H29NO6/c1-35-23-13-11-22(12-14-23)28(32)26-27(31(30(34)29(26)33)18-25-8-5-17-36-25)21-9-15-24(16-10-21)37-19-20-6-3-2-4-7-20/h2-4,6-7,9-16,25,27,32H,5,8,17-19H2,1H3. The van der Waals surface area contributed by atoms with Gasteiger partial charge >= 0.3 is 0 Å². The molecule has 2 atom stereocenters. The second-order valence-corrected chi connectivity index (χ2v) is 9.16. The summed E-state index contributed by atoms with van der Waals surface area (Å²) in [6.07, 6.45) is 1.59. The van der Waals surface area contributed by atoms with Crippen LogP contribution in [0.5, 0.6) is 11.5 Å². The van der Waals surface area contributed by atoms with Gasteiger partial charge in [-0.25, -0.2) is 0 Å². The Bertz CT molecular complexity index is 1280. The molecule has 3 aromatic rings. The number of amides is 1. The summed E-state index contributed by atoms with van der Waals surface area (Å²) in [7, 11) is 1.55. The van der Waals surface area contributed by atoms with Crippen LogP contribution in [0.1, 0.15) is 35.6 Å². The van der Waals surface area contributed by atoms with Crippen molar-refractivity contribution >= 4 is 17.4 Å². The van der Waals surface area contributed by atoms with Crippen molar-refractivity contribution in [2.45, 2.75) is 31.6 Å². The predicted octanol–water partition coefficient (Wildman–Crippen LogP) is 4.87. The van der Waals surface area contributed by atoms with E-state index in [1.807, 2.05) is 54.6 Å². The minimum Gasteiger partial charge on any atom is -0.507 e. The number of ketones is 1. The summed E-state index contributed by atoms with van der Waals surface area (Å²) < 4.78 is 16.9. The van der Waals surface area contributed by atoms with E-state index < -0.39 is 17.7 Å². The highest BCUT2D eigenvalue weighted by Crippen LogP contribution is 2.40. The van der Waals surface area contributed by atoms with Crippen LogP contribution in [0.2, 0.25) is 0 Å². The number of aliphatic hydroxyl groups is 1. The third kappa shape index (κ3) is 5.22. The number of likely N-dealkylation sites (tertiary alicyclic amines) is 1. The Labute approximate surface area is 215 Å². The van der Waals surface area contributed by atoms with Gasteiger partial charge in [-0.2, -0.15) is 0 Å². The van der Waals surface area contributed by atoms with E-state index >= 15 is 0 Å². The molecule has 37 heavy (non-hydrogen) atoms. The molecule has 0 aromatic heterocycles. The molecule has 2 saturated heterocycles. The normalized spacial score (nSPS) is 20.8. The lowest BCUT2D eigenvalue weighted by Gasteiger charge is -2.27. The molecule has 2 aliphatic rings. The summed E-state index contributed by atoms with van der Waals surface area (Å²) in [4.78, 5) is 27.9. The van der Waals surface area contributed by atoms with Gasteiger partial charge in [0.2, 0.25) is 0 Å². The molecule has 0 spiro atoms. The Morgan fingerprint density at radius 1 is 0.973 bits per heavy atom. The van der Waals surface area contributed by atoms with Crippen molar-refractivity contribution in [3.63, 3.8) is 0 Å². The molecule has 1 amide bonds. The fourth-order valence-electron chi connectivity index (χ4n) is 4.81. The van der Waals surface area contributed by atoms with Crippen molar-refractivity contribution in [2.24, 2.45) is 0 Å². The molecule has 7 nitrogen and oxygen atoms in total. The first-order valence-corrected chi connectivity index (χ1v) is 12.4. The summed E-state index contributed by atoms with van der Waals surface area (Å²) in [6, 6.07) is 23.2. The predicted molar refractivity (Wildman–Crippen MR) is 138 cm³/mol. The highest BCUT2D eigenvalue weighted by atomic mass is 16.5. The van der Waals surface area contributed by atoms with Gasteiger partial charge < -0.3 is 24.2 Å². The van der Waals surface area contributed by atoms with Gasteiger partial charge in [0, 0.05) is 18.7 Å². The molecular formula is C30H29NO6. The summed E-state index contributed by atoms with van der Waals surface area (Å²) >= 11 is 0. The Balaban J connectivity index is 1.47. The number of methoxy groups -OCH3 is 1. The van der Waals surface area contributed by atoms with Crippen LogP contribution in [0.3, 0.4) is 0 Å². The zero-order chi connectivity index (χ0) is 25.8. The van der Waals surface area contributed by atoms with Crippen LogP contribution in [-0.4, -0.2) is 48.1 Å². The number of aliphatic hydroxyl groups excluding tert-OH is 1. The van der Waals surface area contributed by atoms with E-state index in [2.05, 4.69) is 0 Å². The number of Topliss-reactive ketones (excluding diaryl/α,β-unsaturated/α-hetero) is 1. The first kappa shape index (κ1) is 24.6. The lowest BCUT2D eigenvalue weighted by molar-refractivity contribution is -0.140. The molecule has 2 unspecified atom stereocenters. The molecule has 3 aromatic carbocycles. The van der Waals surface area contributed by atoms with Gasteiger partial charge in [-0.05, 0) is 60.4 Å². The quantitative estimate of drug-likeness (QED) is 0.270. The summed E-state index contributed by atoms with van der Waals surface area (Å²) in [6.45, 7) is 1.34. The zero-order valence-corrected chi connectivity index (χ0v) is 20.6. The lowest BCUT2D eigenvalue weighted by Crippen LogP contribution is -2.36. The third-order valence-corrected chi connectivity index (χ3v) is 6.77. The van der Waals surface area contributed by atoms with Gasteiger partial charge in [0.15, 0.2) is 0 Å². The molecule has 190 valence electrons. The van der Waals surface area contributed by atoms with Gasteiger partial charge in [-0.15, -0.1) is 0 Å². The van der Waals surface area contributed by atoms with E-state index in [1.165, 1.54) is 4.90 Å². The Kier molecular flexibility index (Phi) is 7.23. The molecule has 7 heteroatoms. The van der Waals surface area contributed by atoms with E-state index in [9.17, 15) is 14.7 Å². The second kappa shape index (κ2) is 10.9. The number of benzene rings is 3. The highest BCUT2D eigenvalue weighted by molar-refractivity contribution is 6.46. The number of rotatable bonds is 8. The molecule has 0 bridgehead atoms. The Hall–Kier alpha value is -4.10. The average Bonchev–Trinajstić information content (AvgIpc) is 3.55. The van der Waals surface area contributed by atoms with Crippen LogP contribution < -0.4 is 9.47 Å². The summed E-state index contributed by atoms with van der Waals surface area (Å²) in [5.74, 6) is -0.275. The van der Waals surface area contributed by atoms with Gasteiger partial charge in [0.25, 0.3) is 11.7 Å². The molecule has 1 N–H and O–H groups in total. The molecule has 2 aliphatic heterocycles. The fraction of sp³-hybridized carbons (Fsp3) is 0.267. The number of hydrogen-bond acceptors (Lipinski definition) is 6. The van der Waals surface area contributed by atoms with E-state index in [1.54, 1.807) is 31.4 Å². The Morgan fingerprint density at radius 3 is 2.32 bits per heavy atom. The maximum atomic E-state index is 13.2. The molecule has 2 heterocycles. The minimum absolute atomic E-state index is 0.0612. The van der Waals surface area contributed by atoms with Crippen LogP contribution >= 0.6 is 0 Å². The van der Waals surface area contributed by atoms with E-state index in [0.717, 1.165) is 18.4 Å². The number of nitrogens with zero attached hydrogens (tertiary/aromatic N) is 1. The lowest BCUT2D eigenvalue weighted by atomic mass is 9.95. The molecule has 2 fully saturated rings. The van der Waals surface area contributed by atoms with Crippen molar-refractivity contribution < 1.29 is 28.9 Å². The van der Waals surface area contributed by atoms with Crippen LogP contribution in [0, 0.1) is 0 Å². The van der Waals surface area contributed by atoms with Crippen LogP contribution in [0.25, 0.3) is 5.76 Å². The second-order valence-electron chi connectivity index (χ2n) is 9.16. The Morgan fingerprint density at radius 2 is 1.68 bits per heavy atom. The van der Waals surface area contributed by atoms with Crippen LogP contribution in [-0.2, 0) is 20.9 Å². The first-order valence-electron chi connectivity index (χ1n) is 12.4. The van der Waals surface area contributed by atoms with E-state index in [-0.39, 0.29) is 24.0 Å². The number of ether oxygens (including phenoxy) is 3. The molecule has 0 saturated carbocycles. The van der Waals surface area contributed by atoms with Crippen LogP contribution in [0.15, 0.2) is 84.4 Å². The first-order chi connectivity index (χ1) is 18.0. The van der Waals surface area contributed by atoms with Crippen molar-refractivity contribution in [3.05, 3.63) is 101 Å². The number of carbonyl (C=O) groups excluding carboxylic acids is 2. The average molecular weight is 500 g/mol. The maximum absolute atomic E-state index is 13.2. The molecular weight excluding hydrogens is 470 g/mol. The van der Waals surface area contributed by atoms with Crippen molar-refractivity contribution in [1.29, 1.82) is 0 Å². The van der Waals surface area contributed by atoms with E-state index in [0.29, 0.717) is 35.8 Å².